The lowest BCUT2D eigenvalue weighted by Gasteiger charge is -2.08. The largest absolute Gasteiger partial charge is 0.497 e. The topological polar surface area (TPSA) is 102 Å². The first kappa shape index (κ1) is 18.0. The number of benzene rings is 1. The molecule has 2 heterocycles. The smallest absolute Gasteiger partial charge is 0.269 e. The molecule has 0 saturated heterocycles. The molecule has 8 nitrogen and oxygen atoms in total. The summed E-state index contributed by atoms with van der Waals surface area (Å²) in [6.45, 7) is 0.331. The number of carbonyl (C=O) groups excluding carboxylic acids is 1. The van der Waals surface area contributed by atoms with Crippen molar-refractivity contribution in [2.24, 2.45) is 0 Å². The van der Waals surface area contributed by atoms with Crippen molar-refractivity contribution in [2.45, 2.75) is 25.3 Å². The van der Waals surface area contributed by atoms with E-state index in [2.05, 4.69) is 25.5 Å². The second-order valence-electron chi connectivity index (χ2n) is 6.62. The summed E-state index contributed by atoms with van der Waals surface area (Å²) in [6.07, 6.45) is 3.90. The van der Waals surface area contributed by atoms with Crippen molar-refractivity contribution in [1.29, 1.82) is 0 Å². The second-order valence-corrected chi connectivity index (χ2v) is 6.62. The van der Waals surface area contributed by atoms with Crippen LogP contribution in [0.4, 0.5) is 0 Å². The van der Waals surface area contributed by atoms with Crippen molar-refractivity contribution in [3.05, 3.63) is 53.7 Å². The van der Waals surface area contributed by atoms with Gasteiger partial charge in [0.05, 0.1) is 32.2 Å². The van der Waals surface area contributed by atoms with Gasteiger partial charge in [-0.15, -0.1) is 0 Å². The molecule has 2 N–H and O–H groups in total. The van der Waals surface area contributed by atoms with Crippen LogP contribution < -0.4 is 14.8 Å². The summed E-state index contributed by atoms with van der Waals surface area (Å²) in [7, 11) is 3.18. The summed E-state index contributed by atoms with van der Waals surface area (Å²) < 4.78 is 10.6. The third-order valence-electron chi connectivity index (χ3n) is 4.68. The Bertz CT molecular complexity index is 997. The third-order valence-corrected chi connectivity index (χ3v) is 4.68. The monoisotopic (exact) mass is 379 g/mol. The number of rotatable bonds is 7. The number of ether oxygens (including phenoxy) is 2. The van der Waals surface area contributed by atoms with Crippen LogP contribution in [0.5, 0.6) is 11.5 Å². The van der Waals surface area contributed by atoms with E-state index in [-0.39, 0.29) is 5.91 Å². The maximum Gasteiger partial charge on any atom is 0.269 e. The molecule has 1 fully saturated rings. The van der Waals surface area contributed by atoms with Gasteiger partial charge in [-0.2, -0.15) is 5.10 Å². The Morgan fingerprint density at radius 2 is 2.04 bits per heavy atom. The lowest BCUT2D eigenvalue weighted by molar-refractivity contribution is 0.0945. The van der Waals surface area contributed by atoms with Crippen molar-refractivity contribution in [2.75, 3.05) is 14.2 Å². The van der Waals surface area contributed by atoms with Crippen molar-refractivity contribution in [3.63, 3.8) is 0 Å². The van der Waals surface area contributed by atoms with Gasteiger partial charge in [0.25, 0.3) is 5.91 Å². The summed E-state index contributed by atoms with van der Waals surface area (Å²) in [5.74, 6) is 1.62. The average molecular weight is 379 g/mol. The van der Waals surface area contributed by atoms with E-state index in [0.29, 0.717) is 35.3 Å². The van der Waals surface area contributed by atoms with Crippen LogP contribution in [0.3, 0.4) is 0 Å². The lowest BCUT2D eigenvalue weighted by atomic mass is 10.1. The molecule has 0 atom stereocenters. The first-order valence-electron chi connectivity index (χ1n) is 9.04. The Morgan fingerprint density at radius 3 is 2.79 bits per heavy atom. The predicted octanol–water partition coefficient (Wildman–Crippen LogP) is 2.69. The molecule has 8 heteroatoms. The SMILES string of the molecule is COc1ccc(OC)c(-c2cc(C(=O)NCc3cc(C4CC4)ncn3)[nH]n2)c1. The molecule has 0 bridgehead atoms. The number of hydrogen-bond donors (Lipinski definition) is 2. The maximum atomic E-state index is 12.5. The quantitative estimate of drug-likeness (QED) is 0.654. The zero-order chi connectivity index (χ0) is 19.5. The van der Waals surface area contributed by atoms with Crippen LogP contribution in [-0.4, -0.2) is 40.3 Å². The molecule has 1 saturated carbocycles. The van der Waals surface area contributed by atoms with Gasteiger partial charge in [0, 0.05) is 17.2 Å². The fourth-order valence-corrected chi connectivity index (χ4v) is 2.97. The summed E-state index contributed by atoms with van der Waals surface area (Å²) in [5.41, 5.74) is 3.53. The standard InChI is InChI=1S/C20H21N5O3/c1-27-14-5-6-19(28-2)15(8-14)17-9-18(25-24-17)20(26)21-10-13-7-16(12-3-4-12)23-11-22-13/h5-9,11-12H,3-4,10H2,1-2H3,(H,21,26)(H,24,25). The van der Waals surface area contributed by atoms with Crippen LogP contribution in [0.1, 0.15) is 40.6 Å². The molecule has 1 amide bonds. The molecule has 0 radical (unpaired) electrons. The van der Waals surface area contributed by atoms with Crippen LogP contribution in [-0.2, 0) is 6.54 Å². The third kappa shape index (κ3) is 3.80. The highest BCUT2D eigenvalue weighted by Gasteiger charge is 2.25. The highest BCUT2D eigenvalue weighted by molar-refractivity contribution is 5.93. The van der Waals surface area contributed by atoms with Crippen molar-refractivity contribution < 1.29 is 14.3 Å². The highest BCUT2D eigenvalue weighted by Crippen LogP contribution is 2.38. The molecule has 1 aromatic carbocycles. The van der Waals surface area contributed by atoms with Gasteiger partial charge in [-0.3, -0.25) is 9.89 Å². The van der Waals surface area contributed by atoms with E-state index < -0.39 is 0 Å². The number of carbonyl (C=O) groups is 1. The first-order chi connectivity index (χ1) is 13.7. The lowest BCUT2D eigenvalue weighted by Crippen LogP contribution is -2.23. The fourth-order valence-electron chi connectivity index (χ4n) is 2.97. The number of aromatic amines is 1. The number of amides is 1. The molecule has 144 valence electrons. The van der Waals surface area contributed by atoms with Gasteiger partial charge in [-0.05, 0) is 43.2 Å². The molecule has 0 aliphatic heterocycles. The van der Waals surface area contributed by atoms with Crippen LogP contribution in [0.2, 0.25) is 0 Å². The van der Waals surface area contributed by atoms with E-state index in [1.54, 1.807) is 38.7 Å². The zero-order valence-corrected chi connectivity index (χ0v) is 15.7. The Labute approximate surface area is 162 Å². The number of methoxy groups -OCH3 is 2. The molecule has 0 unspecified atom stereocenters. The number of nitrogens with zero attached hydrogens (tertiary/aromatic N) is 3. The van der Waals surface area contributed by atoms with Gasteiger partial charge in [0.2, 0.25) is 0 Å². The van der Waals surface area contributed by atoms with E-state index in [1.165, 1.54) is 12.8 Å². The molecule has 3 aromatic rings. The van der Waals surface area contributed by atoms with E-state index in [1.807, 2.05) is 12.1 Å². The molecule has 28 heavy (non-hydrogen) atoms. The minimum atomic E-state index is -0.257. The summed E-state index contributed by atoms with van der Waals surface area (Å²) >= 11 is 0. The summed E-state index contributed by atoms with van der Waals surface area (Å²) in [5, 5.41) is 9.88. The van der Waals surface area contributed by atoms with E-state index in [9.17, 15) is 4.79 Å². The fraction of sp³-hybridized carbons (Fsp3) is 0.300. The van der Waals surface area contributed by atoms with Crippen molar-refractivity contribution in [3.8, 4) is 22.8 Å². The van der Waals surface area contributed by atoms with Crippen molar-refractivity contribution in [1.82, 2.24) is 25.5 Å². The molecular weight excluding hydrogens is 358 g/mol. The minimum Gasteiger partial charge on any atom is -0.497 e. The Balaban J connectivity index is 1.47. The van der Waals surface area contributed by atoms with Crippen molar-refractivity contribution >= 4 is 5.91 Å². The van der Waals surface area contributed by atoms with E-state index in [4.69, 9.17) is 9.47 Å². The minimum absolute atomic E-state index is 0.257. The normalized spacial score (nSPS) is 13.2. The molecule has 2 aromatic heterocycles. The molecule has 0 spiro atoms. The van der Waals surface area contributed by atoms with E-state index >= 15 is 0 Å². The van der Waals surface area contributed by atoms with Crippen LogP contribution >= 0.6 is 0 Å². The van der Waals surface area contributed by atoms with Crippen LogP contribution in [0, 0.1) is 0 Å². The Kier molecular flexibility index (Phi) is 4.92. The van der Waals surface area contributed by atoms with Gasteiger partial charge < -0.3 is 14.8 Å². The van der Waals surface area contributed by atoms with E-state index in [0.717, 1.165) is 17.0 Å². The molecule has 1 aliphatic rings. The predicted molar refractivity (Wildman–Crippen MR) is 102 cm³/mol. The Hall–Kier alpha value is -3.42. The second kappa shape index (κ2) is 7.67. The highest BCUT2D eigenvalue weighted by atomic mass is 16.5. The summed E-state index contributed by atoms with van der Waals surface area (Å²) in [4.78, 5) is 21.0. The Morgan fingerprint density at radius 1 is 1.18 bits per heavy atom. The van der Waals surface area contributed by atoms with Crippen LogP contribution in [0.25, 0.3) is 11.3 Å². The zero-order valence-electron chi connectivity index (χ0n) is 15.7. The van der Waals surface area contributed by atoms with Gasteiger partial charge in [-0.1, -0.05) is 0 Å². The number of nitrogens with one attached hydrogen (secondary N) is 2. The van der Waals surface area contributed by atoms with Gasteiger partial charge in [0.15, 0.2) is 0 Å². The number of hydrogen-bond acceptors (Lipinski definition) is 6. The maximum absolute atomic E-state index is 12.5. The van der Waals surface area contributed by atoms with Gasteiger partial charge in [0.1, 0.15) is 23.5 Å². The molecule has 4 rings (SSSR count). The first-order valence-corrected chi connectivity index (χ1v) is 9.04. The van der Waals surface area contributed by atoms with Gasteiger partial charge >= 0.3 is 0 Å². The van der Waals surface area contributed by atoms with Gasteiger partial charge in [-0.25, -0.2) is 9.97 Å². The molecule has 1 aliphatic carbocycles. The summed E-state index contributed by atoms with van der Waals surface area (Å²) in [6, 6.07) is 9.06. The number of H-pyrrole nitrogens is 1. The molecular formula is C20H21N5O3. The van der Waals surface area contributed by atoms with Crippen LogP contribution in [0.15, 0.2) is 36.7 Å². The average Bonchev–Trinajstić information content (AvgIpc) is 3.48. The number of aromatic nitrogens is 4.